The molecule has 180 valence electrons. The van der Waals surface area contributed by atoms with Gasteiger partial charge < -0.3 is 5.32 Å². The summed E-state index contributed by atoms with van der Waals surface area (Å²) >= 11 is 0. The van der Waals surface area contributed by atoms with E-state index in [2.05, 4.69) is 15.1 Å². The number of hydrogen-bond donors (Lipinski definition) is 2. The molecule has 8 heteroatoms. The van der Waals surface area contributed by atoms with Gasteiger partial charge in [0.25, 0.3) is 15.9 Å². The molecule has 4 rings (SSSR count). The third-order valence-electron chi connectivity index (χ3n) is 5.90. The molecule has 1 heterocycles. The minimum Gasteiger partial charge on any atom is -0.348 e. The van der Waals surface area contributed by atoms with E-state index in [1.165, 1.54) is 0 Å². The van der Waals surface area contributed by atoms with Crippen LogP contribution in [0.2, 0.25) is 0 Å². The zero-order valence-corrected chi connectivity index (χ0v) is 21.0. The number of rotatable bonds is 7. The van der Waals surface area contributed by atoms with Crippen LogP contribution in [0.1, 0.15) is 38.4 Å². The fourth-order valence-corrected chi connectivity index (χ4v) is 5.31. The summed E-state index contributed by atoms with van der Waals surface area (Å²) in [4.78, 5) is 13.0. The predicted octanol–water partition coefficient (Wildman–Crippen LogP) is 4.84. The van der Waals surface area contributed by atoms with Gasteiger partial charge in [0.05, 0.1) is 16.3 Å². The summed E-state index contributed by atoms with van der Waals surface area (Å²) in [7, 11) is -3.74. The van der Waals surface area contributed by atoms with E-state index in [0.717, 1.165) is 28.2 Å². The molecule has 0 saturated heterocycles. The average molecular weight is 489 g/mol. The van der Waals surface area contributed by atoms with Crippen molar-refractivity contribution in [3.8, 4) is 5.69 Å². The molecule has 4 aromatic rings. The van der Waals surface area contributed by atoms with Crippen LogP contribution in [0.4, 0.5) is 5.69 Å². The number of para-hydroxylation sites is 1. The first kappa shape index (κ1) is 24.2. The van der Waals surface area contributed by atoms with Gasteiger partial charge in [-0.1, -0.05) is 30.3 Å². The summed E-state index contributed by atoms with van der Waals surface area (Å²) in [6.45, 7) is 7.84. The number of aryl methyl sites for hydroxylation is 3. The van der Waals surface area contributed by atoms with Gasteiger partial charge in [0, 0.05) is 29.1 Å². The summed E-state index contributed by atoms with van der Waals surface area (Å²) in [5.74, 6) is -0.250. The lowest BCUT2D eigenvalue weighted by Gasteiger charge is -2.12. The highest BCUT2D eigenvalue weighted by atomic mass is 32.2. The van der Waals surface area contributed by atoms with E-state index < -0.39 is 10.0 Å². The summed E-state index contributed by atoms with van der Waals surface area (Å²) in [5.41, 5.74) is 6.09. The Bertz CT molecular complexity index is 1480. The van der Waals surface area contributed by atoms with Crippen molar-refractivity contribution in [2.24, 2.45) is 0 Å². The van der Waals surface area contributed by atoms with E-state index in [1.54, 1.807) is 43.3 Å². The minimum atomic E-state index is -3.74. The molecule has 1 aromatic heterocycles. The maximum atomic E-state index is 12.8. The van der Waals surface area contributed by atoms with E-state index in [9.17, 15) is 13.2 Å². The predicted molar refractivity (Wildman–Crippen MR) is 137 cm³/mol. The van der Waals surface area contributed by atoms with Crippen LogP contribution < -0.4 is 10.0 Å². The van der Waals surface area contributed by atoms with Crippen LogP contribution in [0.3, 0.4) is 0 Å². The summed E-state index contributed by atoms with van der Waals surface area (Å²) in [6, 6.07) is 21.5. The summed E-state index contributed by atoms with van der Waals surface area (Å²) in [5, 5.41) is 7.55. The third-order valence-corrected chi connectivity index (χ3v) is 7.42. The molecule has 0 aliphatic rings. The van der Waals surface area contributed by atoms with E-state index >= 15 is 0 Å². The number of hydrogen-bond acceptors (Lipinski definition) is 4. The Morgan fingerprint density at radius 2 is 1.60 bits per heavy atom. The smallest absolute Gasteiger partial charge is 0.262 e. The molecule has 0 aliphatic heterocycles. The molecule has 0 radical (unpaired) electrons. The Morgan fingerprint density at radius 1 is 0.914 bits per heavy atom. The van der Waals surface area contributed by atoms with Crippen LogP contribution in [0, 0.1) is 27.7 Å². The highest BCUT2D eigenvalue weighted by Crippen LogP contribution is 2.21. The first-order valence-corrected chi connectivity index (χ1v) is 12.7. The standard InChI is InChI=1S/C27H28N4O3S/c1-18-10-11-19(2)26(16-18)35(33,34)30-23-14-12-22(13-15-23)27(32)28-17-25-20(3)29-31(21(25)4)24-8-6-5-7-9-24/h5-16,30H,17H2,1-4H3,(H,28,32). The maximum Gasteiger partial charge on any atom is 0.262 e. The van der Waals surface area contributed by atoms with Gasteiger partial charge in [-0.3, -0.25) is 9.52 Å². The second-order valence-corrected chi connectivity index (χ2v) is 10.2. The SMILES string of the molecule is Cc1ccc(C)c(S(=O)(=O)Nc2ccc(C(=O)NCc3c(C)nn(-c4ccccc4)c3C)cc2)c1. The van der Waals surface area contributed by atoms with Crippen molar-refractivity contribution in [1.82, 2.24) is 15.1 Å². The number of anilines is 1. The number of nitrogens with zero attached hydrogens (tertiary/aromatic N) is 2. The highest BCUT2D eigenvalue weighted by Gasteiger charge is 2.18. The highest BCUT2D eigenvalue weighted by molar-refractivity contribution is 7.92. The fraction of sp³-hybridized carbons (Fsp3) is 0.185. The van der Waals surface area contributed by atoms with Gasteiger partial charge >= 0.3 is 0 Å². The minimum absolute atomic E-state index is 0.237. The van der Waals surface area contributed by atoms with E-state index in [-0.39, 0.29) is 10.8 Å². The molecule has 0 spiro atoms. The number of sulfonamides is 1. The molecule has 3 aromatic carbocycles. The Hall–Kier alpha value is -3.91. The van der Waals surface area contributed by atoms with Gasteiger partial charge in [-0.05, 0) is 81.3 Å². The van der Waals surface area contributed by atoms with Crippen molar-refractivity contribution < 1.29 is 13.2 Å². The number of nitrogens with one attached hydrogen (secondary N) is 2. The van der Waals surface area contributed by atoms with Crippen molar-refractivity contribution >= 4 is 21.6 Å². The van der Waals surface area contributed by atoms with Gasteiger partial charge in [0.15, 0.2) is 0 Å². The van der Waals surface area contributed by atoms with E-state index in [0.29, 0.717) is 23.4 Å². The summed E-state index contributed by atoms with van der Waals surface area (Å²) in [6.07, 6.45) is 0. The summed E-state index contributed by atoms with van der Waals surface area (Å²) < 4.78 is 30.1. The van der Waals surface area contributed by atoms with Crippen LogP contribution in [-0.4, -0.2) is 24.1 Å². The molecule has 0 unspecified atom stereocenters. The lowest BCUT2D eigenvalue weighted by atomic mass is 10.1. The molecular formula is C27H28N4O3S. The molecule has 35 heavy (non-hydrogen) atoms. The van der Waals surface area contributed by atoms with Crippen molar-refractivity contribution in [1.29, 1.82) is 0 Å². The Labute approximate surface area is 205 Å². The van der Waals surface area contributed by atoms with Crippen molar-refractivity contribution in [2.45, 2.75) is 39.1 Å². The Balaban J connectivity index is 1.44. The van der Waals surface area contributed by atoms with Crippen LogP contribution >= 0.6 is 0 Å². The van der Waals surface area contributed by atoms with E-state index in [1.807, 2.05) is 61.9 Å². The van der Waals surface area contributed by atoms with Gasteiger partial charge in [0.2, 0.25) is 0 Å². The van der Waals surface area contributed by atoms with Crippen LogP contribution in [-0.2, 0) is 16.6 Å². The first-order chi connectivity index (χ1) is 16.7. The average Bonchev–Trinajstić information content (AvgIpc) is 3.13. The lowest BCUT2D eigenvalue weighted by molar-refractivity contribution is 0.0951. The van der Waals surface area contributed by atoms with Gasteiger partial charge in [-0.2, -0.15) is 5.10 Å². The van der Waals surface area contributed by atoms with Crippen molar-refractivity contribution in [3.63, 3.8) is 0 Å². The molecule has 0 fully saturated rings. The number of carbonyl (C=O) groups excluding carboxylic acids is 1. The topological polar surface area (TPSA) is 93.1 Å². The number of carbonyl (C=O) groups is 1. The number of aromatic nitrogens is 2. The molecule has 0 bridgehead atoms. The van der Waals surface area contributed by atoms with Gasteiger partial charge in [0.1, 0.15) is 0 Å². The Morgan fingerprint density at radius 3 is 2.29 bits per heavy atom. The van der Waals surface area contributed by atoms with Crippen molar-refractivity contribution in [2.75, 3.05) is 4.72 Å². The maximum absolute atomic E-state index is 12.8. The largest absolute Gasteiger partial charge is 0.348 e. The molecule has 7 nitrogen and oxygen atoms in total. The second-order valence-electron chi connectivity index (χ2n) is 8.53. The molecule has 0 aliphatic carbocycles. The van der Waals surface area contributed by atoms with Crippen LogP contribution in [0.25, 0.3) is 5.69 Å². The molecule has 2 N–H and O–H groups in total. The van der Waals surface area contributed by atoms with Crippen molar-refractivity contribution in [3.05, 3.63) is 106 Å². The fourth-order valence-electron chi connectivity index (χ4n) is 3.92. The monoisotopic (exact) mass is 488 g/mol. The quantitative estimate of drug-likeness (QED) is 0.389. The second kappa shape index (κ2) is 9.76. The van der Waals surface area contributed by atoms with Gasteiger partial charge in [-0.15, -0.1) is 0 Å². The van der Waals surface area contributed by atoms with Crippen LogP contribution in [0.5, 0.6) is 0 Å². The normalized spacial score (nSPS) is 11.3. The number of amides is 1. The molecular weight excluding hydrogens is 460 g/mol. The molecule has 1 amide bonds. The zero-order chi connectivity index (χ0) is 25.2. The number of benzene rings is 3. The lowest BCUT2D eigenvalue weighted by Crippen LogP contribution is -2.23. The van der Waals surface area contributed by atoms with Crippen LogP contribution in [0.15, 0.2) is 77.7 Å². The zero-order valence-electron chi connectivity index (χ0n) is 20.2. The van der Waals surface area contributed by atoms with Gasteiger partial charge in [-0.25, -0.2) is 13.1 Å². The molecule has 0 atom stereocenters. The molecule has 0 saturated carbocycles. The Kier molecular flexibility index (Phi) is 6.75. The third kappa shape index (κ3) is 5.27. The van der Waals surface area contributed by atoms with E-state index in [4.69, 9.17) is 0 Å². The first-order valence-electron chi connectivity index (χ1n) is 11.2.